The fraction of sp³-hybridized carbons (Fsp3) is 0.194. The molecule has 83 heavy (non-hydrogen) atoms. The van der Waals surface area contributed by atoms with Gasteiger partial charge < -0.3 is 10.6 Å². The molecule has 3 aromatic heterocycles. The molecule has 7 aromatic carbocycles. The normalized spacial score (nSPS) is 14.0. The zero-order valence-corrected chi connectivity index (χ0v) is 47.6. The lowest BCUT2D eigenvalue weighted by atomic mass is 9.77. The van der Waals surface area contributed by atoms with Gasteiger partial charge in [0.05, 0.1) is 41.2 Å². The van der Waals surface area contributed by atoms with E-state index in [1.54, 1.807) is 24.8 Å². The number of rotatable bonds is 14. The third kappa shape index (κ3) is 10.6. The lowest BCUT2D eigenvalue weighted by Gasteiger charge is -2.37. The quantitative estimate of drug-likeness (QED) is 0.104. The molecule has 11 nitrogen and oxygen atoms in total. The van der Waals surface area contributed by atoms with E-state index < -0.39 is 5.54 Å². The summed E-state index contributed by atoms with van der Waals surface area (Å²) in [5.74, 6) is 0.606. The van der Waals surface area contributed by atoms with Crippen molar-refractivity contribution in [3.05, 3.63) is 280 Å². The summed E-state index contributed by atoms with van der Waals surface area (Å²) in [5, 5.41) is 12.8. The SMILES string of the molecule is CC(C)c1cccc([C@@H](C)NC(=O)C2=Nc3cc4c(-c5ccncc5)nn(C(c5ccccc5)(c5ccccc5)c5ccccc5)c4cc3C2)c1.CC(C)c1cccc([C@@H](C)NC(=O)C2=Nc3cc4c(cc3C2)CN=C4c2ccncc2)c1. The Labute approximate surface area is 485 Å². The first-order valence-corrected chi connectivity index (χ1v) is 28.6. The fourth-order valence-corrected chi connectivity index (χ4v) is 11.7. The minimum atomic E-state index is -0.818. The number of fused-ring (bicyclic) bond motifs is 4. The summed E-state index contributed by atoms with van der Waals surface area (Å²) in [4.78, 5) is 49.5. The molecule has 0 fully saturated rings. The number of hydrogen-bond donors (Lipinski definition) is 2. The van der Waals surface area contributed by atoms with Gasteiger partial charge in [-0.15, -0.1) is 0 Å². The Kier molecular flexibility index (Phi) is 14.9. The first-order chi connectivity index (χ1) is 40.4. The van der Waals surface area contributed by atoms with Crippen LogP contribution in [0.15, 0.2) is 228 Å². The Morgan fingerprint density at radius 1 is 0.482 bits per heavy atom. The zero-order chi connectivity index (χ0) is 57.2. The van der Waals surface area contributed by atoms with Crippen molar-refractivity contribution in [1.82, 2.24) is 30.4 Å². The van der Waals surface area contributed by atoms with E-state index in [0.29, 0.717) is 42.6 Å². The van der Waals surface area contributed by atoms with Gasteiger partial charge in [0.2, 0.25) is 0 Å². The van der Waals surface area contributed by atoms with E-state index in [1.807, 2.05) is 56.3 Å². The Hall–Kier alpha value is -9.74. The predicted octanol–water partition coefficient (Wildman–Crippen LogP) is 14.6. The van der Waals surface area contributed by atoms with Crippen LogP contribution in [-0.4, -0.2) is 48.7 Å². The highest BCUT2D eigenvalue weighted by Gasteiger charge is 2.41. The minimum absolute atomic E-state index is 0.0805. The van der Waals surface area contributed by atoms with E-state index in [1.165, 1.54) is 16.7 Å². The molecule has 6 heterocycles. The molecule has 0 unspecified atom stereocenters. The van der Waals surface area contributed by atoms with Crippen LogP contribution in [0.2, 0.25) is 0 Å². The van der Waals surface area contributed by atoms with Crippen molar-refractivity contribution in [1.29, 1.82) is 0 Å². The first kappa shape index (κ1) is 53.9. The van der Waals surface area contributed by atoms with Crippen LogP contribution >= 0.6 is 0 Å². The molecule has 11 heteroatoms. The first-order valence-electron chi connectivity index (χ1n) is 28.6. The maximum atomic E-state index is 13.8. The smallest absolute Gasteiger partial charge is 0.266 e. The molecule has 2 atom stereocenters. The van der Waals surface area contributed by atoms with Gasteiger partial charge >= 0.3 is 0 Å². The molecule has 0 spiro atoms. The van der Waals surface area contributed by atoms with Gasteiger partial charge in [-0.3, -0.25) is 24.5 Å². The number of aliphatic imine (C=N–C) groups is 3. The van der Waals surface area contributed by atoms with Crippen molar-refractivity contribution in [2.45, 2.75) is 90.4 Å². The van der Waals surface area contributed by atoms with E-state index >= 15 is 0 Å². The molecule has 3 aliphatic rings. The van der Waals surface area contributed by atoms with Crippen LogP contribution in [0.3, 0.4) is 0 Å². The molecule has 2 N–H and O–H groups in total. The minimum Gasteiger partial charge on any atom is -0.344 e. The van der Waals surface area contributed by atoms with E-state index in [9.17, 15) is 9.59 Å². The summed E-state index contributed by atoms with van der Waals surface area (Å²) in [6, 6.07) is 64.8. The Bertz CT molecular complexity index is 4040. The summed E-state index contributed by atoms with van der Waals surface area (Å²) >= 11 is 0. The van der Waals surface area contributed by atoms with Gasteiger partial charge in [0.1, 0.15) is 22.7 Å². The van der Waals surface area contributed by atoms with Gasteiger partial charge in [0.25, 0.3) is 11.8 Å². The molecular weight excluding hydrogens is 1020 g/mol. The van der Waals surface area contributed by atoms with Crippen LogP contribution in [0.25, 0.3) is 22.2 Å². The second kappa shape index (κ2) is 23.0. The van der Waals surface area contributed by atoms with Crippen LogP contribution in [-0.2, 0) is 34.5 Å². The molecule has 0 radical (unpaired) electrons. The van der Waals surface area contributed by atoms with Crippen LogP contribution < -0.4 is 10.6 Å². The highest BCUT2D eigenvalue weighted by molar-refractivity contribution is 6.41. The van der Waals surface area contributed by atoms with Crippen molar-refractivity contribution >= 4 is 51.2 Å². The maximum Gasteiger partial charge on any atom is 0.266 e. The number of nitrogens with zero attached hydrogens (tertiary/aromatic N) is 7. The van der Waals surface area contributed by atoms with E-state index in [2.05, 4.69) is 204 Å². The molecule has 10 aromatic rings. The van der Waals surface area contributed by atoms with Gasteiger partial charge in [0, 0.05) is 59.7 Å². The lowest BCUT2D eigenvalue weighted by Crippen LogP contribution is -2.38. The number of carbonyl (C=O) groups excluding carboxylic acids is 2. The highest BCUT2D eigenvalue weighted by atomic mass is 16.2. The van der Waals surface area contributed by atoms with Crippen molar-refractivity contribution in [2.24, 2.45) is 15.0 Å². The molecule has 0 saturated carbocycles. The van der Waals surface area contributed by atoms with Crippen molar-refractivity contribution in [2.75, 3.05) is 0 Å². The van der Waals surface area contributed by atoms with Crippen molar-refractivity contribution in [3.8, 4) is 11.3 Å². The number of amides is 2. The molecule has 0 saturated heterocycles. The summed E-state index contributed by atoms with van der Waals surface area (Å²) in [7, 11) is 0. The van der Waals surface area contributed by atoms with Crippen molar-refractivity contribution in [3.63, 3.8) is 0 Å². The van der Waals surface area contributed by atoms with E-state index in [4.69, 9.17) is 15.1 Å². The average molecular weight is 1090 g/mol. The van der Waals surface area contributed by atoms with Gasteiger partial charge in [-0.1, -0.05) is 173 Å². The molecule has 3 aliphatic heterocycles. The number of nitrogens with one attached hydrogen (secondary N) is 2. The summed E-state index contributed by atoms with van der Waals surface area (Å²) in [5.41, 5.74) is 19.0. The standard InChI is InChI=1S/C45H39N5O.C27H26N4O/c1-30(2)33-14-13-15-34(26-33)31(3)47-44(51)41-27-35-28-42-39(29-40(35)48-41)43(32-22-24-46-25-23-32)49-50(42)45(36-16-7-4-8-17-36,37-18-9-5-10-19-37)38-20-11-6-12-21-38;1-16(2)19-5-4-6-20(11-19)17(3)30-27(32)25-13-21-12-22-15-29-26(18-7-9-28-10-8-18)23(22)14-24(21)31-25/h4-26,28-31H,27H2,1-3H3,(H,47,51);4-12,14,16-17H,13,15H2,1-3H3,(H,30,32)/t31-;17-/m11/s1. The number of pyridine rings is 2. The Morgan fingerprint density at radius 2 is 0.940 bits per heavy atom. The summed E-state index contributed by atoms with van der Waals surface area (Å²) in [6.45, 7) is 13.4. The van der Waals surface area contributed by atoms with E-state index in [-0.39, 0.29) is 23.9 Å². The molecular formula is C72H65N9O2. The van der Waals surface area contributed by atoms with Crippen molar-refractivity contribution < 1.29 is 9.59 Å². The molecule has 410 valence electrons. The maximum absolute atomic E-state index is 13.8. The number of aromatic nitrogens is 4. The Morgan fingerprint density at radius 3 is 1.43 bits per heavy atom. The number of hydrogen-bond acceptors (Lipinski definition) is 8. The van der Waals surface area contributed by atoms with Crippen LogP contribution in [0.1, 0.15) is 132 Å². The van der Waals surface area contributed by atoms with Crippen LogP contribution in [0, 0.1) is 0 Å². The molecule has 0 aliphatic carbocycles. The van der Waals surface area contributed by atoms with Gasteiger partial charge in [0.15, 0.2) is 0 Å². The van der Waals surface area contributed by atoms with Crippen LogP contribution in [0.5, 0.6) is 0 Å². The number of benzene rings is 7. The molecule has 0 bridgehead atoms. The average Bonchev–Trinajstić information content (AvgIpc) is 2.60. The van der Waals surface area contributed by atoms with Gasteiger partial charge in [-0.2, -0.15) is 5.10 Å². The number of carbonyl (C=O) groups is 2. The molecule has 13 rings (SSSR count). The zero-order valence-electron chi connectivity index (χ0n) is 47.6. The lowest BCUT2D eigenvalue weighted by molar-refractivity contribution is -0.116. The van der Waals surface area contributed by atoms with E-state index in [0.717, 1.165) is 89.3 Å². The van der Waals surface area contributed by atoms with Crippen LogP contribution in [0.4, 0.5) is 11.4 Å². The van der Waals surface area contributed by atoms with Gasteiger partial charge in [-0.25, -0.2) is 14.7 Å². The second-order valence-corrected chi connectivity index (χ2v) is 22.4. The highest BCUT2D eigenvalue weighted by Crippen LogP contribution is 2.46. The largest absolute Gasteiger partial charge is 0.344 e. The summed E-state index contributed by atoms with van der Waals surface area (Å²) in [6.07, 6.45) is 8.14. The van der Waals surface area contributed by atoms with Gasteiger partial charge in [-0.05, 0) is 124 Å². The monoisotopic (exact) mass is 1090 g/mol. The summed E-state index contributed by atoms with van der Waals surface area (Å²) < 4.78 is 2.18. The third-order valence-electron chi connectivity index (χ3n) is 16.2. The fourth-order valence-electron chi connectivity index (χ4n) is 11.7. The second-order valence-electron chi connectivity index (χ2n) is 22.4. The Balaban J connectivity index is 0.000000182. The topological polar surface area (TPSA) is 139 Å². The predicted molar refractivity (Wildman–Crippen MR) is 333 cm³/mol. The third-order valence-corrected chi connectivity index (χ3v) is 16.2. The molecule has 2 amide bonds.